The lowest BCUT2D eigenvalue weighted by atomic mass is 10.2. The molecule has 0 saturated carbocycles. The summed E-state index contributed by atoms with van der Waals surface area (Å²) < 4.78 is 29.2. The van der Waals surface area contributed by atoms with Gasteiger partial charge >= 0.3 is 5.97 Å². The van der Waals surface area contributed by atoms with Crippen LogP contribution in [0.15, 0.2) is 0 Å². The van der Waals surface area contributed by atoms with E-state index in [0.29, 0.717) is 19.4 Å². The minimum atomic E-state index is -3.67. The Kier molecular flexibility index (Phi) is 4.22. The van der Waals surface area contributed by atoms with Crippen LogP contribution in [0.3, 0.4) is 0 Å². The number of rotatable bonds is 4. The Balaban J connectivity index is 2.83. The quantitative estimate of drug-likeness (QED) is 0.531. The molecular weight excluding hydrogens is 252 g/mol. The minimum absolute atomic E-state index is 0.144. The SMILES string of the molecule is COC(=O)CS(=O)(=O)N1CCCC1C(N)=S. The molecular formula is C8H14N2O4S2. The van der Waals surface area contributed by atoms with Gasteiger partial charge in [0, 0.05) is 6.54 Å². The maximum absolute atomic E-state index is 11.8. The van der Waals surface area contributed by atoms with Crippen LogP contribution in [-0.4, -0.2) is 49.1 Å². The summed E-state index contributed by atoms with van der Waals surface area (Å²) in [6.07, 6.45) is 1.30. The molecule has 1 unspecified atom stereocenters. The molecule has 16 heavy (non-hydrogen) atoms. The average Bonchev–Trinajstić information content (AvgIpc) is 2.65. The molecule has 6 nitrogen and oxygen atoms in total. The van der Waals surface area contributed by atoms with Gasteiger partial charge in [-0.1, -0.05) is 12.2 Å². The molecule has 1 rings (SSSR count). The lowest BCUT2D eigenvalue weighted by Gasteiger charge is -2.22. The van der Waals surface area contributed by atoms with Gasteiger partial charge in [-0.2, -0.15) is 4.31 Å². The molecule has 2 N–H and O–H groups in total. The highest BCUT2D eigenvalue weighted by atomic mass is 32.2. The predicted molar refractivity (Wildman–Crippen MR) is 62.3 cm³/mol. The zero-order valence-electron chi connectivity index (χ0n) is 8.88. The molecule has 1 atom stereocenters. The number of nitrogens with two attached hydrogens (primary N) is 1. The zero-order chi connectivity index (χ0) is 12.3. The molecule has 0 aromatic heterocycles. The first kappa shape index (κ1) is 13.3. The number of thiocarbonyl (C=S) groups is 1. The van der Waals surface area contributed by atoms with E-state index in [1.54, 1.807) is 0 Å². The molecule has 1 fully saturated rings. The Morgan fingerprint density at radius 1 is 1.62 bits per heavy atom. The Bertz CT molecular complexity index is 393. The van der Waals surface area contributed by atoms with Crippen molar-refractivity contribution < 1.29 is 17.9 Å². The van der Waals surface area contributed by atoms with Gasteiger partial charge < -0.3 is 10.5 Å². The van der Waals surface area contributed by atoms with Crippen molar-refractivity contribution in [1.82, 2.24) is 4.31 Å². The minimum Gasteiger partial charge on any atom is -0.468 e. The lowest BCUT2D eigenvalue weighted by Crippen LogP contribution is -2.44. The molecule has 0 bridgehead atoms. The Morgan fingerprint density at radius 3 is 2.75 bits per heavy atom. The van der Waals surface area contributed by atoms with Crippen molar-refractivity contribution in [2.75, 3.05) is 19.4 Å². The number of nitrogens with zero attached hydrogens (tertiary/aromatic N) is 1. The van der Waals surface area contributed by atoms with Crippen LogP contribution in [0.1, 0.15) is 12.8 Å². The summed E-state index contributed by atoms with van der Waals surface area (Å²) in [6, 6.07) is -0.468. The van der Waals surface area contributed by atoms with Gasteiger partial charge in [0.15, 0.2) is 5.75 Å². The van der Waals surface area contributed by atoms with Gasteiger partial charge in [0.05, 0.1) is 18.1 Å². The maximum atomic E-state index is 11.8. The number of esters is 1. The van der Waals surface area contributed by atoms with Gasteiger partial charge in [0.2, 0.25) is 10.0 Å². The number of carbonyl (C=O) groups is 1. The normalized spacial score (nSPS) is 21.9. The summed E-state index contributed by atoms with van der Waals surface area (Å²) in [6.45, 7) is 0.349. The van der Waals surface area contributed by atoms with Gasteiger partial charge in [-0.3, -0.25) is 4.79 Å². The summed E-state index contributed by atoms with van der Waals surface area (Å²) in [7, 11) is -2.53. The molecule has 0 spiro atoms. The molecule has 0 aromatic carbocycles. The molecule has 0 radical (unpaired) electrons. The van der Waals surface area contributed by atoms with Crippen LogP contribution in [-0.2, 0) is 19.6 Å². The number of methoxy groups -OCH3 is 1. The molecule has 0 amide bonds. The molecule has 0 aliphatic carbocycles. The van der Waals surface area contributed by atoms with Crippen molar-refractivity contribution >= 4 is 33.2 Å². The molecule has 92 valence electrons. The van der Waals surface area contributed by atoms with Crippen molar-refractivity contribution in [3.63, 3.8) is 0 Å². The number of ether oxygens (including phenoxy) is 1. The van der Waals surface area contributed by atoms with Crippen molar-refractivity contribution in [2.45, 2.75) is 18.9 Å². The average molecular weight is 266 g/mol. The highest BCUT2D eigenvalue weighted by Gasteiger charge is 2.37. The fourth-order valence-corrected chi connectivity index (χ4v) is 3.56. The number of carbonyl (C=O) groups excluding carboxylic acids is 1. The predicted octanol–water partition coefficient (Wildman–Crippen LogP) is -0.760. The molecule has 8 heteroatoms. The van der Waals surface area contributed by atoms with E-state index < -0.39 is 27.8 Å². The first-order valence-corrected chi connectivity index (χ1v) is 6.76. The van der Waals surface area contributed by atoms with Gasteiger partial charge in [-0.05, 0) is 12.8 Å². The van der Waals surface area contributed by atoms with E-state index in [2.05, 4.69) is 4.74 Å². The van der Waals surface area contributed by atoms with Crippen molar-refractivity contribution in [3.8, 4) is 0 Å². The highest BCUT2D eigenvalue weighted by molar-refractivity contribution is 7.90. The standard InChI is InChI=1S/C8H14N2O4S2/c1-14-7(11)5-16(12,13)10-4-2-3-6(10)8(9)15/h6H,2-5H2,1H3,(H2,9,15). The summed E-state index contributed by atoms with van der Waals surface area (Å²) in [5.74, 6) is -1.45. The molecule has 1 heterocycles. The van der Waals surface area contributed by atoms with E-state index in [0.717, 1.165) is 7.11 Å². The smallest absolute Gasteiger partial charge is 0.322 e. The Morgan fingerprint density at radius 2 is 2.25 bits per heavy atom. The number of sulfonamides is 1. The third-order valence-corrected chi connectivity index (χ3v) is 4.44. The van der Waals surface area contributed by atoms with E-state index >= 15 is 0 Å². The summed E-state index contributed by atoms with van der Waals surface area (Å²) in [4.78, 5) is 11.1. The third kappa shape index (κ3) is 2.89. The first-order chi connectivity index (χ1) is 7.38. The molecule has 0 aromatic rings. The van der Waals surface area contributed by atoms with E-state index in [4.69, 9.17) is 18.0 Å². The Hall–Kier alpha value is -0.730. The fourth-order valence-electron chi connectivity index (χ4n) is 1.65. The largest absolute Gasteiger partial charge is 0.468 e. The van der Waals surface area contributed by atoms with E-state index in [1.165, 1.54) is 4.31 Å². The van der Waals surface area contributed by atoms with Crippen LogP contribution in [0.5, 0.6) is 0 Å². The maximum Gasteiger partial charge on any atom is 0.322 e. The second kappa shape index (κ2) is 5.07. The monoisotopic (exact) mass is 266 g/mol. The van der Waals surface area contributed by atoms with Gasteiger partial charge in [0.25, 0.3) is 0 Å². The van der Waals surface area contributed by atoms with Gasteiger partial charge in [0.1, 0.15) is 0 Å². The van der Waals surface area contributed by atoms with E-state index in [9.17, 15) is 13.2 Å². The summed E-state index contributed by atoms with van der Waals surface area (Å²) in [5.41, 5.74) is 5.46. The summed E-state index contributed by atoms with van der Waals surface area (Å²) >= 11 is 4.80. The third-order valence-electron chi connectivity index (χ3n) is 2.42. The molecule has 1 aliphatic heterocycles. The first-order valence-electron chi connectivity index (χ1n) is 4.74. The van der Waals surface area contributed by atoms with Crippen molar-refractivity contribution in [2.24, 2.45) is 5.73 Å². The van der Waals surface area contributed by atoms with Crippen molar-refractivity contribution in [1.29, 1.82) is 0 Å². The van der Waals surface area contributed by atoms with Gasteiger partial charge in [-0.25, -0.2) is 8.42 Å². The van der Waals surface area contributed by atoms with Crippen LogP contribution in [0, 0.1) is 0 Å². The topological polar surface area (TPSA) is 89.7 Å². The van der Waals surface area contributed by atoms with E-state index in [-0.39, 0.29) is 4.99 Å². The van der Waals surface area contributed by atoms with Crippen LogP contribution in [0.2, 0.25) is 0 Å². The number of hydrogen-bond acceptors (Lipinski definition) is 5. The van der Waals surface area contributed by atoms with Gasteiger partial charge in [-0.15, -0.1) is 0 Å². The van der Waals surface area contributed by atoms with Crippen LogP contribution in [0.4, 0.5) is 0 Å². The molecule has 1 saturated heterocycles. The lowest BCUT2D eigenvalue weighted by molar-refractivity contribution is -0.137. The highest BCUT2D eigenvalue weighted by Crippen LogP contribution is 2.21. The number of hydrogen-bond donors (Lipinski definition) is 1. The van der Waals surface area contributed by atoms with Crippen LogP contribution in [0.25, 0.3) is 0 Å². The van der Waals surface area contributed by atoms with E-state index in [1.807, 2.05) is 0 Å². The van der Waals surface area contributed by atoms with Crippen molar-refractivity contribution in [3.05, 3.63) is 0 Å². The molecule has 1 aliphatic rings. The second-order valence-corrected chi connectivity index (χ2v) is 5.90. The van der Waals surface area contributed by atoms with Crippen LogP contribution < -0.4 is 5.73 Å². The van der Waals surface area contributed by atoms with Crippen LogP contribution >= 0.6 is 12.2 Å². The zero-order valence-corrected chi connectivity index (χ0v) is 10.5. The summed E-state index contributed by atoms with van der Waals surface area (Å²) in [5, 5.41) is 0. The fraction of sp³-hybridized carbons (Fsp3) is 0.750. The Labute approximate surface area is 99.8 Å². The second-order valence-electron chi connectivity index (χ2n) is 3.50.